The molecule has 1 fully saturated rings. The molecule has 8 heteroatoms. The Balaban J connectivity index is 2.07. The predicted octanol–water partition coefficient (Wildman–Crippen LogP) is 0.595. The van der Waals surface area contributed by atoms with Crippen LogP contribution in [0, 0.1) is 5.92 Å². The van der Waals surface area contributed by atoms with Crippen LogP contribution in [0.4, 0.5) is 5.82 Å². The van der Waals surface area contributed by atoms with Gasteiger partial charge in [0.2, 0.25) is 10.0 Å². The molecule has 0 aromatic carbocycles. The van der Waals surface area contributed by atoms with Gasteiger partial charge in [-0.3, -0.25) is 0 Å². The van der Waals surface area contributed by atoms with E-state index in [0.717, 1.165) is 25.9 Å². The topological polar surface area (TPSA) is 97.1 Å². The van der Waals surface area contributed by atoms with Gasteiger partial charge in [-0.2, -0.15) is 0 Å². The number of nitrogens with zero attached hydrogens (tertiary/aromatic N) is 1. The van der Waals surface area contributed by atoms with Crippen LogP contribution in [0.25, 0.3) is 0 Å². The fourth-order valence-corrected chi connectivity index (χ4v) is 3.49. The first kappa shape index (κ1) is 14.5. The second-order valence-electron chi connectivity index (χ2n) is 4.60. The summed E-state index contributed by atoms with van der Waals surface area (Å²) in [6, 6.07) is 1.31. The molecule has 1 saturated heterocycles. The smallest absolute Gasteiger partial charge is 0.244 e. The Hall–Kier alpha value is -0.890. The molecule has 2 rings (SSSR count). The molecule has 1 aromatic rings. The summed E-state index contributed by atoms with van der Waals surface area (Å²) in [5, 5.41) is 3.48. The molecule has 6 nitrogen and oxygen atoms in total. The summed E-state index contributed by atoms with van der Waals surface area (Å²) in [5.41, 5.74) is 5.58. The Morgan fingerprint density at radius 2 is 2.37 bits per heavy atom. The first-order valence-electron chi connectivity index (χ1n) is 6.10. The number of aromatic nitrogens is 1. The summed E-state index contributed by atoms with van der Waals surface area (Å²) in [6.07, 6.45) is 3.40. The molecule has 0 spiro atoms. The molecule has 4 N–H and O–H groups in total. The third-order valence-corrected chi connectivity index (χ3v) is 4.76. The van der Waals surface area contributed by atoms with Gasteiger partial charge >= 0.3 is 0 Å². The van der Waals surface area contributed by atoms with E-state index in [1.54, 1.807) is 0 Å². The lowest BCUT2D eigenvalue weighted by Gasteiger charge is -2.22. The van der Waals surface area contributed by atoms with Crippen LogP contribution < -0.4 is 15.8 Å². The highest BCUT2D eigenvalue weighted by Gasteiger charge is 2.21. The summed E-state index contributed by atoms with van der Waals surface area (Å²) in [6.45, 7) is 2.21. The van der Waals surface area contributed by atoms with E-state index in [0.29, 0.717) is 12.5 Å². The lowest BCUT2D eigenvalue weighted by atomic mass is 10.0. The summed E-state index contributed by atoms with van der Waals surface area (Å²) >= 11 is 5.75. The zero-order chi connectivity index (χ0) is 13.9. The minimum absolute atomic E-state index is 0.0429. The second kappa shape index (κ2) is 6.04. The van der Waals surface area contributed by atoms with Crippen LogP contribution in [0.2, 0.25) is 5.02 Å². The van der Waals surface area contributed by atoms with Gasteiger partial charge in [-0.25, -0.2) is 18.1 Å². The average Bonchev–Trinajstić information content (AvgIpc) is 2.40. The molecule has 106 valence electrons. The maximum absolute atomic E-state index is 12.1. The van der Waals surface area contributed by atoms with E-state index in [9.17, 15) is 8.42 Å². The number of hydrogen-bond donors (Lipinski definition) is 3. The fraction of sp³-hybridized carbons (Fsp3) is 0.545. The normalized spacial score (nSPS) is 20.4. The monoisotopic (exact) mass is 304 g/mol. The molecule has 1 atom stereocenters. The summed E-state index contributed by atoms with van der Waals surface area (Å²) in [7, 11) is -3.66. The number of nitrogen functional groups attached to an aromatic ring is 1. The summed E-state index contributed by atoms with van der Waals surface area (Å²) < 4.78 is 26.8. The molecule has 2 heterocycles. The first-order chi connectivity index (χ1) is 8.99. The van der Waals surface area contributed by atoms with Gasteiger partial charge < -0.3 is 11.1 Å². The zero-order valence-electron chi connectivity index (χ0n) is 10.4. The molecular weight excluding hydrogens is 288 g/mol. The number of rotatable bonds is 4. The molecule has 0 aliphatic carbocycles. The third-order valence-electron chi connectivity index (χ3n) is 3.10. The number of pyridine rings is 1. The van der Waals surface area contributed by atoms with E-state index in [1.807, 2.05) is 0 Å². The number of anilines is 1. The van der Waals surface area contributed by atoms with Gasteiger partial charge in [0, 0.05) is 12.7 Å². The molecule has 0 unspecified atom stereocenters. The zero-order valence-corrected chi connectivity index (χ0v) is 12.0. The highest BCUT2D eigenvalue weighted by molar-refractivity contribution is 7.89. The molecule has 0 bridgehead atoms. The largest absolute Gasteiger partial charge is 0.383 e. The van der Waals surface area contributed by atoms with Crippen LogP contribution in [-0.4, -0.2) is 33.0 Å². The van der Waals surface area contributed by atoms with Gasteiger partial charge in [-0.05, 0) is 37.9 Å². The number of sulfonamides is 1. The van der Waals surface area contributed by atoms with E-state index in [-0.39, 0.29) is 15.7 Å². The van der Waals surface area contributed by atoms with Crippen molar-refractivity contribution in [3.05, 3.63) is 17.3 Å². The van der Waals surface area contributed by atoms with Gasteiger partial charge in [0.25, 0.3) is 0 Å². The first-order valence-corrected chi connectivity index (χ1v) is 7.96. The summed E-state index contributed by atoms with van der Waals surface area (Å²) in [5.74, 6) is 0.260. The van der Waals surface area contributed by atoms with Gasteiger partial charge in [-0.1, -0.05) is 11.6 Å². The van der Waals surface area contributed by atoms with E-state index in [1.165, 1.54) is 12.3 Å². The predicted molar refractivity (Wildman–Crippen MR) is 74.4 cm³/mol. The summed E-state index contributed by atoms with van der Waals surface area (Å²) in [4.78, 5) is 3.69. The Morgan fingerprint density at radius 1 is 1.58 bits per heavy atom. The standard InChI is InChI=1S/C11H17ClN4O2S/c12-9-4-10(11(13)15-7-9)19(17,18)16-6-8-2-1-3-14-5-8/h4,7-8,14,16H,1-3,5-6H2,(H2,13,15)/t8-/m1/s1. The molecule has 0 saturated carbocycles. The van der Waals surface area contributed by atoms with Crippen LogP contribution in [-0.2, 0) is 10.0 Å². The van der Waals surface area contributed by atoms with E-state index >= 15 is 0 Å². The van der Waals surface area contributed by atoms with Crippen molar-refractivity contribution < 1.29 is 8.42 Å². The number of piperidine rings is 1. The van der Waals surface area contributed by atoms with Crippen molar-refractivity contribution in [3.63, 3.8) is 0 Å². The second-order valence-corrected chi connectivity index (χ2v) is 6.77. The van der Waals surface area contributed by atoms with Gasteiger partial charge in [-0.15, -0.1) is 0 Å². The van der Waals surface area contributed by atoms with Crippen LogP contribution >= 0.6 is 11.6 Å². The van der Waals surface area contributed by atoms with Crippen molar-refractivity contribution in [2.24, 2.45) is 5.92 Å². The van der Waals surface area contributed by atoms with Crippen molar-refractivity contribution in [2.75, 3.05) is 25.4 Å². The molecular formula is C11H17ClN4O2S. The van der Waals surface area contributed by atoms with Gasteiger partial charge in [0.15, 0.2) is 0 Å². The van der Waals surface area contributed by atoms with Crippen molar-refractivity contribution in [1.82, 2.24) is 15.0 Å². The minimum atomic E-state index is -3.66. The number of nitrogens with two attached hydrogens (primary N) is 1. The fourth-order valence-electron chi connectivity index (χ4n) is 2.05. The Bertz CT molecular complexity index is 544. The van der Waals surface area contributed by atoms with Crippen molar-refractivity contribution in [3.8, 4) is 0 Å². The molecule has 1 aliphatic rings. The maximum Gasteiger partial charge on any atom is 0.244 e. The van der Waals surface area contributed by atoms with Crippen LogP contribution in [0.5, 0.6) is 0 Å². The van der Waals surface area contributed by atoms with Crippen molar-refractivity contribution >= 4 is 27.4 Å². The molecule has 0 radical (unpaired) electrons. The number of hydrogen-bond acceptors (Lipinski definition) is 5. The molecule has 0 amide bonds. The molecule has 1 aromatic heterocycles. The lowest BCUT2D eigenvalue weighted by Crippen LogP contribution is -2.38. The lowest BCUT2D eigenvalue weighted by molar-refractivity contribution is 0.376. The maximum atomic E-state index is 12.1. The van der Waals surface area contributed by atoms with Crippen molar-refractivity contribution in [2.45, 2.75) is 17.7 Å². The minimum Gasteiger partial charge on any atom is -0.383 e. The Labute approximate surface area is 117 Å². The van der Waals surface area contributed by atoms with Crippen LogP contribution in [0.1, 0.15) is 12.8 Å². The van der Waals surface area contributed by atoms with Gasteiger partial charge in [0.1, 0.15) is 10.7 Å². The van der Waals surface area contributed by atoms with Crippen LogP contribution in [0.3, 0.4) is 0 Å². The molecule has 1 aliphatic heterocycles. The van der Waals surface area contributed by atoms with Gasteiger partial charge in [0.05, 0.1) is 5.02 Å². The number of nitrogens with one attached hydrogen (secondary N) is 2. The SMILES string of the molecule is Nc1ncc(Cl)cc1S(=O)(=O)NC[C@@H]1CCCNC1. The van der Waals surface area contributed by atoms with E-state index in [4.69, 9.17) is 17.3 Å². The van der Waals surface area contributed by atoms with E-state index in [2.05, 4.69) is 15.0 Å². The highest BCUT2D eigenvalue weighted by atomic mass is 35.5. The molecule has 19 heavy (non-hydrogen) atoms. The van der Waals surface area contributed by atoms with Crippen LogP contribution in [0.15, 0.2) is 17.2 Å². The third kappa shape index (κ3) is 3.79. The highest BCUT2D eigenvalue weighted by Crippen LogP contribution is 2.20. The quantitative estimate of drug-likeness (QED) is 0.756. The van der Waals surface area contributed by atoms with E-state index < -0.39 is 10.0 Å². The Morgan fingerprint density at radius 3 is 3.05 bits per heavy atom. The Kier molecular flexibility index (Phi) is 4.62. The number of halogens is 1. The van der Waals surface area contributed by atoms with Crippen molar-refractivity contribution in [1.29, 1.82) is 0 Å². The average molecular weight is 305 g/mol.